The molecule has 1 amide bonds. The van der Waals surface area contributed by atoms with E-state index in [1.54, 1.807) is 13.1 Å². The van der Waals surface area contributed by atoms with E-state index < -0.39 is 0 Å². The van der Waals surface area contributed by atoms with Gasteiger partial charge in [-0.3, -0.25) is 4.79 Å². The zero-order valence-corrected chi connectivity index (χ0v) is 12.2. The predicted molar refractivity (Wildman–Crippen MR) is 76.7 cm³/mol. The Labute approximate surface area is 115 Å². The highest BCUT2D eigenvalue weighted by Gasteiger charge is 2.01. The lowest BCUT2D eigenvalue weighted by Gasteiger charge is -2.03. The Bertz CT molecular complexity index is 332. The minimum absolute atomic E-state index is 0.00549. The van der Waals surface area contributed by atoms with Crippen molar-refractivity contribution >= 4 is 11.9 Å². The first kappa shape index (κ1) is 17.4. The van der Waals surface area contributed by atoms with Gasteiger partial charge in [0.15, 0.2) is 0 Å². The monoisotopic (exact) mass is 267 g/mol. The largest absolute Gasteiger partial charge is 0.466 e. The summed E-state index contributed by atoms with van der Waals surface area (Å²) in [6, 6.07) is 0. The summed E-state index contributed by atoms with van der Waals surface area (Å²) in [7, 11) is 2.97. The maximum Gasteiger partial charge on any atom is 0.330 e. The molecule has 4 heteroatoms. The fraction of sp³-hybridized carbons (Fsp3) is 0.600. The molecule has 0 rings (SSSR count). The van der Waals surface area contributed by atoms with Crippen molar-refractivity contribution in [2.75, 3.05) is 14.2 Å². The Kier molecular flexibility index (Phi) is 10.6. The predicted octanol–water partition coefficient (Wildman–Crippen LogP) is 2.75. The molecule has 0 atom stereocenters. The SMILES string of the molecule is CCCCC/C=C(/C=C/C(=O)OC)CCC(=O)NC. The summed E-state index contributed by atoms with van der Waals surface area (Å²) < 4.78 is 4.56. The Morgan fingerprint density at radius 1 is 1.16 bits per heavy atom. The van der Waals surface area contributed by atoms with Crippen molar-refractivity contribution in [1.29, 1.82) is 0 Å². The molecule has 4 nitrogen and oxygen atoms in total. The Morgan fingerprint density at radius 2 is 1.89 bits per heavy atom. The van der Waals surface area contributed by atoms with E-state index >= 15 is 0 Å². The first-order valence-electron chi connectivity index (χ1n) is 6.79. The lowest BCUT2D eigenvalue weighted by molar-refractivity contribution is -0.134. The van der Waals surface area contributed by atoms with E-state index in [2.05, 4.69) is 23.1 Å². The number of nitrogens with one attached hydrogen (secondary N) is 1. The van der Waals surface area contributed by atoms with Crippen molar-refractivity contribution in [2.45, 2.75) is 45.4 Å². The van der Waals surface area contributed by atoms with E-state index in [1.165, 1.54) is 26.0 Å². The van der Waals surface area contributed by atoms with Gasteiger partial charge in [0.2, 0.25) is 5.91 Å². The first-order valence-corrected chi connectivity index (χ1v) is 6.79. The molecule has 108 valence electrons. The Balaban J connectivity index is 4.40. The molecule has 0 aromatic carbocycles. The maximum atomic E-state index is 11.2. The van der Waals surface area contributed by atoms with Crippen molar-refractivity contribution in [1.82, 2.24) is 5.32 Å². The van der Waals surface area contributed by atoms with Crippen molar-refractivity contribution < 1.29 is 14.3 Å². The van der Waals surface area contributed by atoms with Gasteiger partial charge in [0, 0.05) is 19.5 Å². The van der Waals surface area contributed by atoms with E-state index in [1.807, 2.05) is 0 Å². The Morgan fingerprint density at radius 3 is 2.47 bits per heavy atom. The van der Waals surface area contributed by atoms with Crippen molar-refractivity contribution in [3.8, 4) is 0 Å². The molecule has 0 spiro atoms. The topological polar surface area (TPSA) is 55.4 Å². The molecule has 0 heterocycles. The molecule has 0 aromatic heterocycles. The highest BCUT2D eigenvalue weighted by atomic mass is 16.5. The first-order chi connectivity index (χ1) is 9.13. The number of methoxy groups -OCH3 is 1. The number of rotatable bonds is 9. The molecule has 0 aliphatic heterocycles. The van der Waals surface area contributed by atoms with Crippen molar-refractivity contribution in [3.05, 3.63) is 23.8 Å². The van der Waals surface area contributed by atoms with Crippen LogP contribution >= 0.6 is 0 Å². The van der Waals surface area contributed by atoms with Gasteiger partial charge in [-0.15, -0.1) is 0 Å². The third-order valence-electron chi connectivity index (χ3n) is 2.77. The smallest absolute Gasteiger partial charge is 0.330 e. The van der Waals surface area contributed by atoms with Crippen LogP contribution < -0.4 is 5.32 Å². The summed E-state index contributed by atoms with van der Waals surface area (Å²) in [5, 5.41) is 2.59. The molecule has 0 saturated heterocycles. The van der Waals surface area contributed by atoms with Gasteiger partial charge in [0.25, 0.3) is 0 Å². The number of carbonyl (C=O) groups excluding carboxylic acids is 2. The average molecular weight is 267 g/mol. The molecule has 0 aromatic rings. The molecule has 0 unspecified atom stereocenters. The third-order valence-corrected chi connectivity index (χ3v) is 2.77. The summed E-state index contributed by atoms with van der Waals surface area (Å²) in [4.78, 5) is 22.3. The highest BCUT2D eigenvalue weighted by Crippen LogP contribution is 2.11. The zero-order valence-electron chi connectivity index (χ0n) is 12.2. The number of hydrogen-bond donors (Lipinski definition) is 1. The fourth-order valence-electron chi connectivity index (χ4n) is 1.56. The maximum absolute atomic E-state index is 11.2. The van der Waals surface area contributed by atoms with Gasteiger partial charge in [-0.1, -0.05) is 37.5 Å². The van der Waals surface area contributed by atoms with Crippen LogP contribution in [-0.4, -0.2) is 26.0 Å². The molecular formula is C15H25NO3. The molecule has 0 radical (unpaired) electrons. The van der Waals surface area contributed by atoms with Crippen LogP contribution in [-0.2, 0) is 14.3 Å². The summed E-state index contributed by atoms with van der Waals surface area (Å²) in [5.41, 5.74) is 1.00. The summed E-state index contributed by atoms with van der Waals surface area (Å²) >= 11 is 0. The second-order valence-corrected chi connectivity index (χ2v) is 4.30. The number of carbonyl (C=O) groups is 2. The number of allylic oxidation sites excluding steroid dienone is 3. The minimum Gasteiger partial charge on any atom is -0.466 e. The van der Waals surface area contributed by atoms with Crippen LogP contribution in [0.4, 0.5) is 0 Å². The summed E-state index contributed by atoms with van der Waals surface area (Å²) in [6.07, 6.45) is 10.8. The molecule has 0 saturated carbocycles. The molecular weight excluding hydrogens is 242 g/mol. The van der Waals surface area contributed by atoms with Gasteiger partial charge in [-0.2, -0.15) is 0 Å². The Hall–Kier alpha value is -1.58. The lowest BCUT2D eigenvalue weighted by Crippen LogP contribution is -2.17. The van der Waals surface area contributed by atoms with Gasteiger partial charge >= 0.3 is 5.97 Å². The van der Waals surface area contributed by atoms with Crippen LogP contribution in [0.15, 0.2) is 23.8 Å². The van der Waals surface area contributed by atoms with Crippen LogP contribution in [0.3, 0.4) is 0 Å². The lowest BCUT2D eigenvalue weighted by atomic mass is 10.1. The second-order valence-electron chi connectivity index (χ2n) is 4.30. The van der Waals surface area contributed by atoms with Crippen molar-refractivity contribution in [2.24, 2.45) is 0 Å². The average Bonchev–Trinajstić information content (AvgIpc) is 2.44. The standard InChI is InChI=1S/C15H25NO3/c1-4-5-6-7-8-13(9-11-14(17)16-2)10-12-15(18)19-3/h8,10,12H,4-7,9,11H2,1-3H3,(H,16,17)/b12-10+,13-8+. The fourth-order valence-corrected chi connectivity index (χ4v) is 1.56. The van der Waals surface area contributed by atoms with Gasteiger partial charge < -0.3 is 10.1 Å². The zero-order chi connectivity index (χ0) is 14.5. The van der Waals surface area contributed by atoms with E-state index in [-0.39, 0.29) is 11.9 Å². The van der Waals surface area contributed by atoms with Gasteiger partial charge in [0.05, 0.1) is 7.11 Å². The highest BCUT2D eigenvalue weighted by molar-refractivity contribution is 5.82. The van der Waals surface area contributed by atoms with E-state index in [9.17, 15) is 9.59 Å². The van der Waals surface area contributed by atoms with E-state index in [0.29, 0.717) is 12.8 Å². The number of unbranched alkanes of at least 4 members (excludes halogenated alkanes) is 3. The van der Waals surface area contributed by atoms with Crippen molar-refractivity contribution in [3.63, 3.8) is 0 Å². The molecule has 0 aliphatic carbocycles. The normalized spacial score (nSPS) is 11.6. The summed E-state index contributed by atoms with van der Waals surface area (Å²) in [5.74, 6) is -0.370. The molecule has 0 aliphatic rings. The number of hydrogen-bond acceptors (Lipinski definition) is 3. The quantitative estimate of drug-likeness (QED) is 0.302. The third kappa shape index (κ3) is 10.1. The van der Waals surface area contributed by atoms with Crippen LogP contribution in [0.25, 0.3) is 0 Å². The van der Waals surface area contributed by atoms with E-state index in [4.69, 9.17) is 0 Å². The van der Waals surface area contributed by atoms with Gasteiger partial charge in [0.1, 0.15) is 0 Å². The van der Waals surface area contributed by atoms with E-state index in [0.717, 1.165) is 18.4 Å². The minimum atomic E-state index is -0.376. The second kappa shape index (κ2) is 11.5. The van der Waals surface area contributed by atoms with Crippen LogP contribution in [0, 0.1) is 0 Å². The number of esters is 1. The molecule has 1 N–H and O–H groups in total. The van der Waals surface area contributed by atoms with Crippen LogP contribution in [0.2, 0.25) is 0 Å². The number of amides is 1. The number of ether oxygens (including phenoxy) is 1. The van der Waals surface area contributed by atoms with Gasteiger partial charge in [-0.25, -0.2) is 4.79 Å². The summed E-state index contributed by atoms with van der Waals surface area (Å²) in [6.45, 7) is 2.16. The molecule has 0 bridgehead atoms. The molecule has 0 fully saturated rings. The van der Waals surface area contributed by atoms with Crippen LogP contribution in [0.1, 0.15) is 45.4 Å². The molecule has 19 heavy (non-hydrogen) atoms. The van der Waals surface area contributed by atoms with Gasteiger partial charge in [-0.05, 0) is 19.3 Å². The van der Waals surface area contributed by atoms with Crippen LogP contribution in [0.5, 0.6) is 0 Å².